The Morgan fingerprint density at radius 1 is 1.19 bits per heavy atom. The summed E-state index contributed by atoms with van der Waals surface area (Å²) in [6.45, 7) is 5.76. The molecule has 7 heteroatoms. The number of aryl methyl sites for hydroxylation is 2. The maximum Gasteiger partial charge on any atom is 0.279 e. The predicted molar refractivity (Wildman–Crippen MR) is 78.8 cm³/mol. The maximum atomic E-state index is 10.9. The van der Waals surface area contributed by atoms with Crippen LogP contribution < -0.4 is 0 Å². The van der Waals surface area contributed by atoms with Crippen molar-refractivity contribution < 1.29 is 9.72 Å². The standard InChI is InChI=1S/C14H13N3O3S/c1-8-9(2)15-14(16-10(8)3)21-12-4-5-13(17(19)20)11(6-12)7-18/h4-7H,1-3H3. The minimum atomic E-state index is -0.575. The average Bonchev–Trinajstić information content (AvgIpc) is 2.44. The van der Waals surface area contributed by atoms with Crippen molar-refractivity contribution in [2.24, 2.45) is 0 Å². The lowest BCUT2D eigenvalue weighted by Gasteiger charge is -2.07. The van der Waals surface area contributed by atoms with E-state index in [0.717, 1.165) is 17.0 Å². The molecule has 108 valence electrons. The lowest BCUT2D eigenvalue weighted by atomic mass is 10.2. The third kappa shape index (κ3) is 3.25. The molecule has 1 aromatic heterocycles. The fourth-order valence-corrected chi connectivity index (χ4v) is 2.65. The van der Waals surface area contributed by atoms with Crippen LogP contribution in [0.3, 0.4) is 0 Å². The second-order valence-electron chi connectivity index (χ2n) is 4.50. The van der Waals surface area contributed by atoms with Gasteiger partial charge in [0.1, 0.15) is 0 Å². The number of nitro groups is 1. The Balaban J connectivity index is 2.36. The Morgan fingerprint density at radius 3 is 2.33 bits per heavy atom. The van der Waals surface area contributed by atoms with E-state index < -0.39 is 4.92 Å². The van der Waals surface area contributed by atoms with Gasteiger partial charge in [0.15, 0.2) is 11.4 Å². The zero-order valence-electron chi connectivity index (χ0n) is 11.8. The first-order chi connectivity index (χ1) is 9.92. The molecular weight excluding hydrogens is 290 g/mol. The lowest BCUT2D eigenvalue weighted by molar-refractivity contribution is -0.385. The van der Waals surface area contributed by atoms with E-state index in [9.17, 15) is 14.9 Å². The van der Waals surface area contributed by atoms with Gasteiger partial charge in [-0.25, -0.2) is 9.97 Å². The second-order valence-corrected chi connectivity index (χ2v) is 5.54. The van der Waals surface area contributed by atoms with E-state index in [1.165, 1.54) is 23.9 Å². The molecule has 1 aromatic carbocycles. The Kier molecular flexibility index (Phi) is 4.32. The number of aldehydes is 1. The molecule has 0 radical (unpaired) electrons. The quantitative estimate of drug-likeness (QED) is 0.373. The topological polar surface area (TPSA) is 86.0 Å². The van der Waals surface area contributed by atoms with E-state index in [-0.39, 0.29) is 11.3 Å². The Labute approximate surface area is 125 Å². The van der Waals surface area contributed by atoms with Crippen LogP contribution in [-0.4, -0.2) is 21.2 Å². The molecule has 0 saturated carbocycles. The van der Waals surface area contributed by atoms with Gasteiger partial charge in [-0.1, -0.05) is 0 Å². The average molecular weight is 303 g/mol. The highest BCUT2D eigenvalue weighted by atomic mass is 32.2. The number of nitrogens with zero attached hydrogens (tertiary/aromatic N) is 3. The SMILES string of the molecule is Cc1nc(Sc2ccc([N+](=O)[O-])c(C=O)c2)nc(C)c1C. The molecule has 2 aromatic rings. The van der Waals surface area contributed by atoms with Crippen LogP contribution in [-0.2, 0) is 0 Å². The summed E-state index contributed by atoms with van der Waals surface area (Å²) < 4.78 is 0. The smallest absolute Gasteiger partial charge is 0.279 e. The molecule has 0 aliphatic carbocycles. The van der Waals surface area contributed by atoms with Crippen LogP contribution in [0.2, 0.25) is 0 Å². The minimum Gasteiger partial charge on any atom is -0.298 e. The molecule has 0 aliphatic heterocycles. The molecule has 0 saturated heterocycles. The molecule has 0 fully saturated rings. The highest BCUT2D eigenvalue weighted by Gasteiger charge is 2.14. The third-order valence-electron chi connectivity index (χ3n) is 3.14. The number of nitro benzene ring substituents is 1. The summed E-state index contributed by atoms with van der Waals surface area (Å²) in [6.07, 6.45) is 0.481. The molecule has 0 unspecified atom stereocenters. The molecule has 0 atom stereocenters. The molecule has 0 amide bonds. The van der Waals surface area contributed by atoms with E-state index in [0.29, 0.717) is 16.3 Å². The van der Waals surface area contributed by atoms with E-state index >= 15 is 0 Å². The summed E-state index contributed by atoms with van der Waals surface area (Å²) in [4.78, 5) is 30.6. The van der Waals surface area contributed by atoms with Crippen LogP contribution in [0.25, 0.3) is 0 Å². The zero-order chi connectivity index (χ0) is 15.6. The molecule has 21 heavy (non-hydrogen) atoms. The van der Waals surface area contributed by atoms with E-state index in [1.54, 1.807) is 6.07 Å². The fourth-order valence-electron chi connectivity index (χ4n) is 1.75. The van der Waals surface area contributed by atoms with Crippen LogP contribution in [0.1, 0.15) is 27.3 Å². The molecule has 2 rings (SSSR count). The molecule has 6 nitrogen and oxygen atoms in total. The third-order valence-corrected chi connectivity index (χ3v) is 4.00. The fraction of sp³-hybridized carbons (Fsp3) is 0.214. The first-order valence-corrected chi connectivity index (χ1v) is 6.97. The first kappa shape index (κ1) is 15.1. The number of aromatic nitrogens is 2. The summed E-state index contributed by atoms with van der Waals surface area (Å²) in [5, 5.41) is 11.3. The molecular formula is C14H13N3O3S. The van der Waals surface area contributed by atoms with Crippen molar-refractivity contribution in [3.05, 3.63) is 50.8 Å². The number of carbonyl (C=O) groups excluding carboxylic acids is 1. The molecule has 0 aliphatic rings. The maximum absolute atomic E-state index is 10.9. The second kappa shape index (κ2) is 6.01. The van der Waals surface area contributed by atoms with Gasteiger partial charge in [0.25, 0.3) is 5.69 Å². The summed E-state index contributed by atoms with van der Waals surface area (Å²) >= 11 is 1.27. The van der Waals surface area contributed by atoms with Gasteiger partial charge in [0, 0.05) is 22.3 Å². The zero-order valence-corrected chi connectivity index (χ0v) is 12.6. The number of benzene rings is 1. The molecule has 0 spiro atoms. The summed E-state index contributed by atoms with van der Waals surface area (Å²) in [6, 6.07) is 4.38. The summed E-state index contributed by atoms with van der Waals surface area (Å²) in [5.41, 5.74) is 2.67. The Hall–Kier alpha value is -2.28. The van der Waals surface area contributed by atoms with Crippen LogP contribution in [0.4, 0.5) is 5.69 Å². The van der Waals surface area contributed by atoms with Gasteiger partial charge in [0.2, 0.25) is 0 Å². The monoisotopic (exact) mass is 303 g/mol. The van der Waals surface area contributed by atoms with Crippen molar-refractivity contribution in [1.29, 1.82) is 0 Å². The van der Waals surface area contributed by atoms with E-state index in [4.69, 9.17) is 0 Å². The number of rotatable bonds is 4. The largest absolute Gasteiger partial charge is 0.298 e. The van der Waals surface area contributed by atoms with Crippen molar-refractivity contribution in [1.82, 2.24) is 9.97 Å². The van der Waals surface area contributed by atoms with Gasteiger partial charge in [0.05, 0.1) is 10.5 Å². The van der Waals surface area contributed by atoms with Crippen molar-refractivity contribution in [3.63, 3.8) is 0 Å². The molecule has 1 heterocycles. The highest BCUT2D eigenvalue weighted by Crippen LogP contribution is 2.29. The van der Waals surface area contributed by atoms with Crippen LogP contribution in [0, 0.1) is 30.9 Å². The Bertz CT molecular complexity index is 708. The number of hydrogen-bond donors (Lipinski definition) is 0. The van der Waals surface area contributed by atoms with Crippen LogP contribution in [0.5, 0.6) is 0 Å². The van der Waals surface area contributed by atoms with Crippen molar-refractivity contribution >= 4 is 23.7 Å². The number of carbonyl (C=O) groups is 1. The predicted octanol–water partition coefficient (Wildman–Crippen LogP) is 3.27. The van der Waals surface area contributed by atoms with Crippen LogP contribution in [0.15, 0.2) is 28.3 Å². The highest BCUT2D eigenvalue weighted by molar-refractivity contribution is 7.99. The van der Waals surface area contributed by atoms with Gasteiger partial charge >= 0.3 is 0 Å². The van der Waals surface area contributed by atoms with Crippen molar-refractivity contribution in [2.45, 2.75) is 30.8 Å². The molecule has 0 bridgehead atoms. The molecule has 0 N–H and O–H groups in total. The van der Waals surface area contributed by atoms with Gasteiger partial charge in [-0.3, -0.25) is 14.9 Å². The van der Waals surface area contributed by atoms with Crippen molar-refractivity contribution in [2.75, 3.05) is 0 Å². The normalized spacial score (nSPS) is 10.4. The summed E-state index contributed by atoms with van der Waals surface area (Å²) in [7, 11) is 0. The van der Waals surface area contributed by atoms with Gasteiger partial charge in [-0.2, -0.15) is 0 Å². The van der Waals surface area contributed by atoms with Gasteiger partial charge < -0.3 is 0 Å². The lowest BCUT2D eigenvalue weighted by Crippen LogP contribution is -1.98. The van der Waals surface area contributed by atoms with Crippen molar-refractivity contribution in [3.8, 4) is 0 Å². The van der Waals surface area contributed by atoms with E-state index in [1.807, 2.05) is 20.8 Å². The van der Waals surface area contributed by atoms with E-state index in [2.05, 4.69) is 9.97 Å². The number of hydrogen-bond acceptors (Lipinski definition) is 6. The van der Waals surface area contributed by atoms with Gasteiger partial charge in [-0.05, 0) is 50.2 Å². The first-order valence-electron chi connectivity index (χ1n) is 6.15. The summed E-state index contributed by atoms with van der Waals surface area (Å²) in [5.74, 6) is 0. The van der Waals surface area contributed by atoms with Gasteiger partial charge in [-0.15, -0.1) is 0 Å². The minimum absolute atomic E-state index is 0.0468. The Morgan fingerprint density at radius 2 is 1.81 bits per heavy atom. The van der Waals surface area contributed by atoms with Crippen LogP contribution >= 0.6 is 11.8 Å².